The minimum absolute atomic E-state index is 0.0886. The second-order valence-corrected chi connectivity index (χ2v) is 5.04. The zero-order valence-electron chi connectivity index (χ0n) is 10.3. The topological polar surface area (TPSA) is 29.1 Å². The van der Waals surface area contributed by atoms with Gasteiger partial charge in [0.25, 0.3) is 5.91 Å². The highest BCUT2D eigenvalue weighted by Crippen LogP contribution is 2.24. The van der Waals surface area contributed by atoms with Crippen LogP contribution in [0.5, 0.6) is 0 Å². The predicted octanol–water partition coefficient (Wildman–Crippen LogP) is 4.32. The Labute approximate surface area is 115 Å². The average molecular weight is 304 g/mol. The summed E-state index contributed by atoms with van der Waals surface area (Å²) in [7, 11) is 0. The van der Waals surface area contributed by atoms with E-state index in [-0.39, 0.29) is 5.91 Å². The molecule has 0 unspecified atom stereocenters. The van der Waals surface area contributed by atoms with Gasteiger partial charge in [-0.2, -0.15) is 0 Å². The lowest BCUT2D eigenvalue weighted by molar-refractivity contribution is 0.102. The standard InChI is InChI=1S/C15H14BrNO/c1-10-8-9-13(16)14(11(10)2)15(18)17-12-6-4-3-5-7-12/h3-9H,1-2H3,(H,17,18). The molecule has 0 fully saturated rings. The van der Waals surface area contributed by atoms with Crippen LogP contribution in [0.15, 0.2) is 46.9 Å². The number of rotatable bonds is 2. The van der Waals surface area contributed by atoms with Crippen LogP contribution in [-0.4, -0.2) is 5.91 Å². The average Bonchev–Trinajstić information content (AvgIpc) is 2.36. The monoisotopic (exact) mass is 303 g/mol. The maximum atomic E-state index is 12.3. The van der Waals surface area contributed by atoms with Crippen LogP contribution >= 0.6 is 15.9 Å². The minimum Gasteiger partial charge on any atom is -0.322 e. The van der Waals surface area contributed by atoms with Crippen LogP contribution in [0.4, 0.5) is 5.69 Å². The van der Waals surface area contributed by atoms with E-state index in [1.54, 1.807) is 0 Å². The van der Waals surface area contributed by atoms with Crippen LogP contribution in [0.2, 0.25) is 0 Å². The quantitative estimate of drug-likeness (QED) is 0.879. The van der Waals surface area contributed by atoms with E-state index >= 15 is 0 Å². The molecule has 0 saturated heterocycles. The van der Waals surface area contributed by atoms with E-state index in [2.05, 4.69) is 21.2 Å². The molecule has 0 aliphatic heterocycles. The highest BCUT2D eigenvalue weighted by atomic mass is 79.9. The van der Waals surface area contributed by atoms with Crippen LogP contribution in [0.3, 0.4) is 0 Å². The molecule has 2 aromatic carbocycles. The third-order valence-corrected chi connectivity index (χ3v) is 3.60. The normalized spacial score (nSPS) is 10.2. The Morgan fingerprint density at radius 2 is 1.72 bits per heavy atom. The lowest BCUT2D eigenvalue weighted by atomic mass is 10.0. The van der Waals surface area contributed by atoms with E-state index < -0.39 is 0 Å². The largest absolute Gasteiger partial charge is 0.322 e. The zero-order chi connectivity index (χ0) is 13.1. The van der Waals surface area contributed by atoms with E-state index in [9.17, 15) is 4.79 Å². The van der Waals surface area contributed by atoms with Crippen LogP contribution in [0.1, 0.15) is 21.5 Å². The first-order chi connectivity index (χ1) is 8.59. The molecule has 0 aliphatic carbocycles. The minimum atomic E-state index is -0.0886. The molecule has 0 saturated carbocycles. The molecule has 2 nitrogen and oxygen atoms in total. The third-order valence-electron chi connectivity index (χ3n) is 2.94. The highest BCUT2D eigenvalue weighted by Gasteiger charge is 2.14. The molecule has 2 aromatic rings. The van der Waals surface area contributed by atoms with Crippen LogP contribution in [0.25, 0.3) is 0 Å². The van der Waals surface area contributed by atoms with E-state index in [0.717, 1.165) is 21.3 Å². The first-order valence-electron chi connectivity index (χ1n) is 5.71. The molecule has 0 atom stereocenters. The maximum absolute atomic E-state index is 12.3. The second-order valence-electron chi connectivity index (χ2n) is 4.18. The lowest BCUT2D eigenvalue weighted by Crippen LogP contribution is -2.14. The number of benzene rings is 2. The van der Waals surface area contributed by atoms with Crippen molar-refractivity contribution in [3.8, 4) is 0 Å². The van der Waals surface area contributed by atoms with Gasteiger partial charge in [0.05, 0.1) is 5.56 Å². The van der Waals surface area contributed by atoms with Gasteiger partial charge >= 0.3 is 0 Å². The fourth-order valence-electron chi connectivity index (χ4n) is 1.78. The van der Waals surface area contributed by atoms with Gasteiger partial charge in [0, 0.05) is 10.2 Å². The summed E-state index contributed by atoms with van der Waals surface area (Å²) in [6.07, 6.45) is 0. The van der Waals surface area contributed by atoms with Crippen molar-refractivity contribution in [1.82, 2.24) is 0 Å². The summed E-state index contributed by atoms with van der Waals surface area (Å²) in [4.78, 5) is 12.3. The molecular formula is C15H14BrNO. The molecule has 3 heteroatoms. The van der Waals surface area contributed by atoms with Gasteiger partial charge in [-0.3, -0.25) is 4.79 Å². The van der Waals surface area contributed by atoms with Crippen molar-refractivity contribution < 1.29 is 4.79 Å². The first-order valence-corrected chi connectivity index (χ1v) is 6.51. The van der Waals surface area contributed by atoms with Crippen molar-refractivity contribution >= 4 is 27.5 Å². The van der Waals surface area contributed by atoms with E-state index in [4.69, 9.17) is 0 Å². The van der Waals surface area contributed by atoms with E-state index in [1.807, 2.05) is 56.3 Å². The van der Waals surface area contributed by atoms with Gasteiger partial charge in [0.15, 0.2) is 0 Å². The van der Waals surface area contributed by atoms with E-state index in [0.29, 0.717) is 5.56 Å². The van der Waals surface area contributed by atoms with Crippen molar-refractivity contribution in [3.05, 3.63) is 63.6 Å². The van der Waals surface area contributed by atoms with Crippen LogP contribution in [0, 0.1) is 13.8 Å². The summed E-state index contributed by atoms with van der Waals surface area (Å²) in [5.41, 5.74) is 3.60. The van der Waals surface area contributed by atoms with Gasteiger partial charge in [-0.05, 0) is 59.1 Å². The van der Waals surface area contributed by atoms with Crippen molar-refractivity contribution in [2.75, 3.05) is 5.32 Å². The van der Waals surface area contributed by atoms with Gasteiger partial charge in [-0.1, -0.05) is 24.3 Å². The Kier molecular flexibility index (Phi) is 3.82. The number of carbonyl (C=O) groups is 1. The number of carbonyl (C=O) groups excluding carboxylic acids is 1. The number of anilines is 1. The molecule has 1 N–H and O–H groups in total. The molecule has 0 bridgehead atoms. The summed E-state index contributed by atoms with van der Waals surface area (Å²) < 4.78 is 0.819. The van der Waals surface area contributed by atoms with Gasteiger partial charge in [-0.25, -0.2) is 0 Å². The Bertz CT molecular complexity index is 579. The molecule has 0 radical (unpaired) electrons. The highest BCUT2D eigenvalue weighted by molar-refractivity contribution is 9.10. The maximum Gasteiger partial charge on any atom is 0.257 e. The molecule has 0 spiro atoms. The Morgan fingerprint density at radius 1 is 1.06 bits per heavy atom. The Hall–Kier alpha value is -1.61. The number of nitrogens with one attached hydrogen (secondary N) is 1. The zero-order valence-corrected chi connectivity index (χ0v) is 11.9. The molecule has 0 aliphatic rings. The van der Waals surface area contributed by atoms with Crippen LogP contribution < -0.4 is 5.32 Å². The molecule has 0 heterocycles. The number of hydrogen-bond donors (Lipinski definition) is 1. The molecule has 0 aromatic heterocycles. The van der Waals surface area contributed by atoms with E-state index in [1.165, 1.54) is 0 Å². The van der Waals surface area contributed by atoms with Crippen molar-refractivity contribution in [2.24, 2.45) is 0 Å². The van der Waals surface area contributed by atoms with Crippen molar-refractivity contribution in [1.29, 1.82) is 0 Å². The number of para-hydroxylation sites is 1. The first kappa shape index (κ1) is 12.8. The van der Waals surface area contributed by atoms with Crippen molar-refractivity contribution in [3.63, 3.8) is 0 Å². The van der Waals surface area contributed by atoms with Gasteiger partial charge in [-0.15, -0.1) is 0 Å². The molecular weight excluding hydrogens is 290 g/mol. The Balaban J connectivity index is 2.33. The molecule has 2 rings (SSSR count). The second kappa shape index (κ2) is 5.36. The van der Waals surface area contributed by atoms with Crippen molar-refractivity contribution in [2.45, 2.75) is 13.8 Å². The molecule has 18 heavy (non-hydrogen) atoms. The smallest absolute Gasteiger partial charge is 0.257 e. The summed E-state index contributed by atoms with van der Waals surface area (Å²) in [5.74, 6) is -0.0886. The van der Waals surface area contributed by atoms with Gasteiger partial charge in [0.1, 0.15) is 0 Å². The number of aryl methyl sites for hydroxylation is 1. The summed E-state index contributed by atoms with van der Waals surface area (Å²) in [6.45, 7) is 3.96. The summed E-state index contributed by atoms with van der Waals surface area (Å²) >= 11 is 3.43. The summed E-state index contributed by atoms with van der Waals surface area (Å²) in [6, 6.07) is 13.4. The number of halogens is 1. The number of amides is 1. The molecule has 1 amide bonds. The fraction of sp³-hybridized carbons (Fsp3) is 0.133. The van der Waals surface area contributed by atoms with Gasteiger partial charge in [0.2, 0.25) is 0 Å². The predicted molar refractivity (Wildman–Crippen MR) is 78.0 cm³/mol. The number of hydrogen-bond acceptors (Lipinski definition) is 1. The Morgan fingerprint density at radius 3 is 2.39 bits per heavy atom. The third kappa shape index (κ3) is 2.62. The summed E-state index contributed by atoms with van der Waals surface area (Å²) in [5, 5.41) is 2.90. The SMILES string of the molecule is Cc1ccc(Br)c(C(=O)Nc2ccccc2)c1C. The van der Waals surface area contributed by atoms with Gasteiger partial charge < -0.3 is 5.32 Å². The fourth-order valence-corrected chi connectivity index (χ4v) is 2.39. The lowest BCUT2D eigenvalue weighted by Gasteiger charge is -2.11. The van der Waals surface area contributed by atoms with Crippen LogP contribution in [-0.2, 0) is 0 Å². The molecule has 92 valence electrons.